The molecule has 0 fully saturated rings. The minimum absolute atomic E-state index is 0.259. The first-order chi connectivity index (χ1) is 9.48. The number of aryl methyl sites for hydroxylation is 1. The first-order valence-corrected chi connectivity index (χ1v) is 8.21. The van der Waals surface area contributed by atoms with Gasteiger partial charge in [-0.1, -0.05) is 31.0 Å². The molecule has 0 aromatic heterocycles. The Balaban J connectivity index is 2.29. The number of carbonyl (C=O) groups excluding carboxylic acids is 1. The molecule has 20 heavy (non-hydrogen) atoms. The maximum Gasteiger partial charge on any atom is 0.237 e. The maximum absolute atomic E-state index is 11.5. The maximum atomic E-state index is 11.5. The monoisotopic (exact) mass is 294 g/mol. The van der Waals surface area contributed by atoms with Gasteiger partial charge in [0.15, 0.2) is 0 Å². The fourth-order valence-corrected chi connectivity index (χ4v) is 3.19. The zero-order valence-electron chi connectivity index (χ0n) is 12.7. The number of hydrogen-bond donors (Lipinski definition) is 2. The molecule has 4 heteroatoms. The van der Waals surface area contributed by atoms with Gasteiger partial charge in [-0.2, -0.15) is 0 Å². The molecule has 1 unspecified atom stereocenters. The van der Waals surface area contributed by atoms with E-state index in [1.165, 1.54) is 10.5 Å². The molecule has 1 aromatic carbocycles. The number of rotatable bonds is 9. The molecule has 1 amide bonds. The molecule has 1 aromatic rings. The Hall–Kier alpha value is -1.00. The van der Waals surface area contributed by atoms with Crippen molar-refractivity contribution >= 4 is 17.7 Å². The molecule has 1 atom stereocenters. The number of amides is 1. The zero-order chi connectivity index (χ0) is 15.0. The van der Waals surface area contributed by atoms with E-state index < -0.39 is 5.54 Å². The molecular formula is C16H26N2OS. The van der Waals surface area contributed by atoms with Crippen molar-refractivity contribution in [1.82, 2.24) is 5.32 Å². The van der Waals surface area contributed by atoms with Gasteiger partial charge in [-0.15, -0.1) is 11.8 Å². The molecule has 3 N–H and O–H groups in total. The normalized spacial score (nSPS) is 13.9. The summed E-state index contributed by atoms with van der Waals surface area (Å²) in [6.45, 7) is 6.76. The number of nitrogens with one attached hydrogen (secondary N) is 1. The Morgan fingerprint density at radius 3 is 2.75 bits per heavy atom. The highest BCUT2D eigenvalue weighted by Crippen LogP contribution is 2.21. The van der Waals surface area contributed by atoms with Gasteiger partial charge in [0.25, 0.3) is 0 Å². The largest absolute Gasteiger partial charge is 0.368 e. The number of hydrogen-bond acceptors (Lipinski definition) is 3. The third kappa shape index (κ3) is 5.55. The van der Waals surface area contributed by atoms with Crippen molar-refractivity contribution in [3.63, 3.8) is 0 Å². The highest BCUT2D eigenvalue weighted by Gasteiger charge is 2.28. The molecule has 112 valence electrons. The van der Waals surface area contributed by atoms with Crippen LogP contribution >= 0.6 is 11.8 Å². The molecule has 0 radical (unpaired) electrons. The van der Waals surface area contributed by atoms with E-state index in [-0.39, 0.29) is 5.91 Å². The van der Waals surface area contributed by atoms with E-state index in [4.69, 9.17) is 5.73 Å². The van der Waals surface area contributed by atoms with Crippen LogP contribution in [-0.2, 0) is 4.79 Å². The fraction of sp³-hybridized carbons (Fsp3) is 0.562. The van der Waals surface area contributed by atoms with Gasteiger partial charge in [-0.05, 0) is 51.1 Å². The van der Waals surface area contributed by atoms with Gasteiger partial charge >= 0.3 is 0 Å². The second kappa shape index (κ2) is 8.32. The number of thioether (sulfide) groups is 1. The van der Waals surface area contributed by atoms with E-state index in [1.54, 1.807) is 0 Å². The first-order valence-electron chi connectivity index (χ1n) is 7.22. The van der Waals surface area contributed by atoms with Crippen LogP contribution in [0.5, 0.6) is 0 Å². The second-order valence-corrected chi connectivity index (χ2v) is 6.52. The SMILES string of the molecule is CCNC(C)(CCCCSc1cccc(C)c1)C(N)=O. The quantitative estimate of drug-likeness (QED) is 0.543. The average molecular weight is 294 g/mol. The third-order valence-electron chi connectivity index (χ3n) is 3.44. The Morgan fingerprint density at radius 1 is 1.40 bits per heavy atom. The van der Waals surface area contributed by atoms with Crippen molar-refractivity contribution in [1.29, 1.82) is 0 Å². The lowest BCUT2D eigenvalue weighted by Gasteiger charge is -2.26. The van der Waals surface area contributed by atoms with Crippen LogP contribution < -0.4 is 11.1 Å². The molecular weight excluding hydrogens is 268 g/mol. The number of unbranched alkanes of at least 4 members (excludes halogenated alkanes) is 1. The summed E-state index contributed by atoms with van der Waals surface area (Å²) in [5.41, 5.74) is 6.20. The number of carbonyl (C=O) groups is 1. The summed E-state index contributed by atoms with van der Waals surface area (Å²) >= 11 is 1.87. The lowest BCUT2D eigenvalue weighted by molar-refractivity contribution is -0.124. The van der Waals surface area contributed by atoms with Crippen molar-refractivity contribution < 1.29 is 4.79 Å². The van der Waals surface area contributed by atoms with Crippen LogP contribution in [0.1, 0.15) is 38.7 Å². The lowest BCUT2D eigenvalue weighted by Crippen LogP contribution is -2.52. The summed E-state index contributed by atoms with van der Waals surface area (Å²) in [7, 11) is 0. The molecule has 0 spiro atoms. The molecule has 3 nitrogen and oxygen atoms in total. The average Bonchev–Trinajstić information content (AvgIpc) is 2.38. The first kappa shape index (κ1) is 17.1. The Bertz CT molecular complexity index is 436. The number of likely N-dealkylation sites (N-methyl/N-ethyl adjacent to an activating group) is 1. The lowest BCUT2D eigenvalue weighted by atomic mass is 9.94. The molecule has 0 bridgehead atoms. The summed E-state index contributed by atoms with van der Waals surface area (Å²) in [4.78, 5) is 12.8. The highest BCUT2D eigenvalue weighted by molar-refractivity contribution is 7.99. The minimum atomic E-state index is -0.567. The molecule has 0 saturated heterocycles. The topological polar surface area (TPSA) is 55.1 Å². The van der Waals surface area contributed by atoms with Crippen molar-refractivity contribution in [3.8, 4) is 0 Å². The molecule has 0 aliphatic rings. The van der Waals surface area contributed by atoms with Crippen molar-refractivity contribution in [3.05, 3.63) is 29.8 Å². The predicted octanol–water partition coefficient (Wildman–Crippen LogP) is 3.11. The number of primary amides is 1. The van der Waals surface area contributed by atoms with Gasteiger partial charge in [0.1, 0.15) is 0 Å². The molecule has 1 rings (SSSR count). The summed E-state index contributed by atoms with van der Waals surface area (Å²) < 4.78 is 0. The van der Waals surface area contributed by atoms with E-state index in [1.807, 2.05) is 25.6 Å². The van der Waals surface area contributed by atoms with E-state index in [0.717, 1.165) is 31.6 Å². The van der Waals surface area contributed by atoms with Crippen molar-refractivity contribution in [2.75, 3.05) is 12.3 Å². The predicted molar refractivity (Wildman–Crippen MR) is 87.0 cm³/mol. The third-order valence-corrected chi connectivity index (χ3v) is 4.52. The van der Waals surface area contributed by atoms with Crippen molar-refractivity contribution in [2.24, 2.45) is 5.73 Å². The van der Waals surface area contributed by atoms with Gasteiger partial charge in [-0.3, -0.25) is 4.79 Å². The number of nitrogens with two attached hydrogens (primary N) is 1. The summed E-state index contributed by atoms with van der Waals surface area (Å²) in [5, 5.41) is 3.19. The van der Waals surface area contributed by atoms with E-state index >= 15 is 0 Å². The second-order valence-electron chi connectivity index (χ2n) is 5.35. The standard InChI is InChI=1S/C16H26N2OS/c1-4-18-16(3,15(17)19)10-5-6-11-20-14-9-7-8-13(2)12-14/h7-9,12,18H,4-6,10-11H2,1-3H3,(H2,17,19). The van der Waals surface area contributed by atoms with Crippen molar-refractivity contribution in [2.45, 2.75) is 50.5 Å². The molecule has 0 aliphatic heterocycles. The summed E-state index contributed by atoms with van der Waals surface area (Å²) in [6, 6.07) is 8.55. The van der Waals surface area contributed by atoms with Crippen LogP contribution in [0.3, 0.4) is 0 Å². The van der Waals surface area contributed by atoms with Crippen LogP contribution in [0.25, 0.3) is 0 Å². The Morgan fingerprint density at radius 2 is 2.15 bits per heavy atom. The summed E-state index contributed by atoms with van der Waals surface area (Å²) in [5.74, 6) is 0.815. The molecule has 0 heterocycles. The Labute approximate surface area is 126 Å². The van der Waals surface area contributed by atoms with Gasteiger partial charge in [0.05, 0.1) is 5.54 Å². The molecule has 0 saturated carbocycles. The van der Waals surface area contributed by atoms with Crippen LogP contribution in [0, 0.1) is 6.92 Å². The zero-order valence-corrected chi connectivity index (χ0v) is 13.6. The van der Waals surface area contributed by atoms with E-state index in [2.05, 4.69) is 36.5 Å². The van der Waals surface area contributed by atoms with Crippen LogP contribution in [0.2, 0.25) is 0 Å². The minimum Gasteiger partial charge on any atom is -0.368 e. The van der Waals surface area contributed by atoms with Crippen LogP contribution in [0.15, 0.2) is 29.2 Å². The van der Waals surface area contributed by atoms with Gasteiger partial charge in [0, 0.05) is 4.90 Å². The number of benzene rings is 1. The smallest absolute Gasteiger partial charge is 0.237 e. The van der Waals surface area contributed by atoms with Crippen LogP contribution in [0.4, 0.5) is 0 Å². The highest BCUT2D eigenvalue weighted by atomic mass is 32.2. The van der Waals surface area contributed by atoms with Gasteiger partial charge in [-0.25, -0.2) is 0 Å². The van der Waals surface area contributed by atoms with Gasteiger partial charge in [0.2, 0.25) is 5.91 Å². The van der Waals surface area contributed by atoms with Crippen LogP contribution in [-0.4, -0.2) is 23.7 Å². The Kier molecular flexibility index (Phi) is 7.10. The summed E-state index contributed by atoms with van der Waals surface area (Å²) in [6.07, 6.45) is 2.89. The fourth-order valence-electron chi connectivity index (χ4n) is 2.16. The molecule has 0 aliphatic carbocycles. The van der Waals surface area contributed by atoms with Gasteiger partial charge < -0.3 is 11.1 Å². The van der Waals surface area contributed by atoms with E-state index in [9.17, 15) is 4.79 Å². The van der Waals surface area contributed by atoms with E-state index in [0.29, 0.717) is 0 Å².